The van der Waals surface area contributed by atoms with E-state index in [0.717, 1.165) is 6.42 Å². The smallest absolute Gasteiger partial charge is 0.256 e. The van der Waals surface area contributed by atoms with Crippen LogP contribution in [0.5, 0.6) is 5.75 Å². The summed E-state index contributed by atoms with van der Waals surface area (Å²) in [5.74, 6) is -0.0668. The van der Waals surface area contributed by atoms with Gasteiger partial charge in [-0.25, -0.2) is 0 Å². The molecular formula is C12H14N2O2. The van der Waals surface area contributed by atoms with Crippen LogP contribution in [0.4, 0.5) is 5.69 Å². The van der Waals surface area contributed by atoms with E-state index in [2.05, 4.69) is 6.08 Å². The summed E-state index contributed by atoms with van der Waals surface area (Å²) >= 11 is 0. The number of benzene rings is 1. The molecule has 1 amide bonds. The molecule has 0 saturated carbocycles. The van der Waals surface area contributed by atoms with Crippen molar-refractivity contribution in [2.75, 3.05) is 18.8 Å². The van der Waals surface area contributed by atoms with Crippen molar-refractivity contribution in [2.24, 2.45) is 0 Å². The van der Waals surface area contributed by atoms with E-state index < -0.39 is 0 Å². The third-order valence-electron chi connectivity index (χ3n) is 2.61. The standard InChI is InChI=1S/C12H14N2O2/c13-11-5-4-9(15)8-10(11)12(16)14-6-2-1-3-7-14/h1-2,4-5,8,15H,3,6-7,13H2. The Labute approximate surface area is 94.0 Å². The summed E-state index contributed by atoms with van der Waals surface area (Å²) < 4.78 is 0. The third kappa shape index (κ3) is 2.00. The summed E-state index contributed by atoms with van der Waals surface area (Å²) in [6.45, 7) is 1.30. The molecule has 84 valence electrons. The van der Waals surface area contributed by atoms with Gasteiger partial charge in [-0.1, -0.05) is 12.2 Å². The van der Waals surface area contributed by atoms with Crippen molar-refractivity contribution >= 4 is 11.6 Å². The molecule has 16 heavy (non-hydrogen) atoms. The van der Waals surface area contributed by atoms with Crippen LogP contribution in [0.3, 0.4) is 0 Å². The van der Waals surface area contributed by atoms with Crippen LogP contribution < -0.4 is 5.73 Å². The van der Waals surface area contributed by atoms with Gasteiger partial charge in [0.2, 0.25) is 0 Å². The van der Waals surface area contributed by atoms with Crippen LogP contribution in [0.25, 0.3) is 0 Å². The highest BCUT2D eigenvalue weighted by atomic mass is 16.3. The number of rotatable bonds is 1. The van der Waals surface area contributed by atoms with Gasteiger partial charge in [0.1, 0.15) is 5.75 Å². The largest absolute Gasteiger partial charge is 0.508 e. The number of carbonyl (C=O) groups excluding carboxylic acids is 1. The summed E-state index contributed by atoms with van der Waals surface area (Å²) in [4.78, 5) is 13.8. The maximum atomic E-state index is 12.1. The van der Waals surface area contributed by atoms with E-state index in [4.69, 9.17) is 5.73 Å². The van der Waals surface area contributed by atoms with Crippen LogP contribution in [0.1, 0.15) is 16.8 Å². The maximum absolute atomic E-state index is 12.1. The number of aromatic hydroxyl groups is 1. The molecule has 0 fully saturated rings. The highest BCUT2D eigenvalue weighted by Crippen LogP contribution is 2.20. The molecule has 0 radical (unpaired) electrons. The van der Waals surface area contributed by atoms with Crippen LogP contribution in [-0.2, 0) is 0 Å². The Hall–Kier alpha value is -1.97. The van der Waals surface area contributed by atoms with E-state index >= 15 is 0 Å². The quantitative estimate of drug-likeness (QED) is 0.425. The van der Waals surface area contributed by atoms with Crippen LogP contribution in [0.15, 0.2) is 30.4 Å². The molecule has 1 aromatic rings. The van der Waals surface area contributed by atoms with Crippen LogP contribution in [0.2, 0.25) is 0 Å². The number of nitrogens with zero attached hydrogens (tertiary/aromatic N) is 1. The van der Waals surface area contributed by atoms with Crippen molar-refractivity contribution in [3.8, 4) is 5.75 Å². The molecular weight excluding hydrogens is 204 g/mol. The molecule has 0 atom stereocenters. The number of nitrogens with two attached hydrogens (primary N) is 1. The zero-order chi connectivity index (χ0) is 11.5. The number of phenolic OH excluding ortho intramolecular Hbond substituents is 1. The predicted octanol–water partition coefficient (Wildman–Crippen LogP) is 1.38. The van der Waals surface area contributed by atoms with Gasteiger partial charge in [0.15, 0.2) is 0 Å². The lowest BCUT2D eigenvalue weighted by molar-refractivity contribution is 0.0771. The number of anilines is 1. The van der Waals surface area contributed by atoms with Gasteiger partial charge < -0.3 is 15.7 Å². The zero-order valence-corrected chi connectivity index (χ0v) is 8.89. The Bertz CT molecular complexity index is 441. The second-order valence-corrected chi connectivity index (χ2v) is 3.78. The maximum Gasteiger partial charge on any atom is 0.256 e. The van der Waals surface area contributed by atoms with Crippen LogP contribution >= 0.6 is 0 Å². The Morgan fingerprint density at radius 1 is 1.38 bits per heavy atom. The van der Waals surface area contributed by atoms with Gasteiger partial charge >= 0.3 is 0 Å². The van der Waals surface area contributed by atoms with E-state index in [1.165, 1.54) is 12.1 Å². The second-order valence-electron chi connectivity index (χ2n) is 3.78. The Balaban J connectivity index is 2.26. The van der Waals surface area contributed by atoms with Gasteiger partial charge in [-0.2, -0.15) is 0 Å². The van der Waals surface area contributed by atoms with E-state index in [-0.39, 0.29) is 11.7 Å². The molecule has 0 bridgehead atoms. The normalized spacial score (nSPS) is 15.1. The first-order chi connectivity index (χ1) is 7.68. The monoisotopic (exact) mass is 218 g/mol. The molecule has 4 heteroatoms. The SMILES string of the molecule is Nc1ccc(O)cc1C(=O)N1CC=CCC1. The Kier molecular flexibility index (Phi) is 2.81. The average molecular weight is 218 g/mol. The van der Waals surface area contributed by atoms with Crippen LogP contribution in [0, 0.1) is 0 Å². The molecule has 1 aliphatic heterocycles. The zero-order valence-electron chi connectivity index (χ0n) is 8.89. The molecule has 4 nitrogen and oxygen atoms in total. The summed E-state index contributed by atoms with van der Waals surface area (Å²) in [5, 5.41) is 9.34. The van der Waals surface area contributed by atoms with Gasteiger partial charge in [0.05, 0.1) is 5.56 Å². The molecule has 2 rings (SSSR count). The van der Waals surface area contributed by atoms with Crippen molar-refractivity contribution < 1.29 is 9.90 Å². The minimum absolute atomic E-state index is 0.0603. The first-order valence-electron chi connectivity index (χ1n) is 5.21. The van der Waals surface area contributed by atoms with Gasteiger partial charge in [-0.3, -0.25) is 4.79 Å². The van der Waals surface area contributed by atoms with E-state index in [1.54, 1.807) is 11.0 Å². The first-order valence-corrected chi connectivity index (χ1v) is 5.21. The Morgan fingerprint density at radius 2 is 2.19 bits per heavy atom. The fourth-order valence-corrected chi connectivity index (χ4v) is 1.73. The second kappa shape index (κ2) is 4.26. The van der Waals surface area contributed by atoms with E-state index in [1.807, 2.05) is 6.08 Å². The summed E-state index contributed by atoms with van der Waals surface area (Å²) in [5.41, 5.74) is 6.49. The fraction of sp³-hybridized carbons (Fsp3) is 0.250. The highest BCUT2D eigenvalue weighted by molar-refractivity contribution is 5.99. The van der Waals surface area contributed by atoms with Gasteiger partial charge in [0, 0.05) is 18.8 Å². The summed E-state index contributed by atoms with van der Waals surface area (Å²) in [6, 6.07) is 4.43. The number of carbonyl (C=O) groups is 1. The number of amides is 1. The summed E-state index contributed by atoms with van der Waals surface area (Å²) in [6.07, 6.45) is 4.88. The molecule has 3 N–H and O–H groups in total. The van der Waals surface area contributed by atoms with Crippen molar-refractivity contribution in [2.45, 2.75) is 6.42 Å². The minimum atomic E-state index is -0.127. The third-order valence-corrected chi connectivity index (χ3v) is 2.61. The van der Waals surface area contributed by atoms with Crippen molar-refractivity contribution in [3.63, 3.8) is 0 Å². The minimum Gasteiger partial charge on any atom is -0.508 e. The molecule has 0 aliphatic carbocycles. The molecule has 0 saturated heterocycles. The number of hydrogen-bond acceptors (Lipinski definition) is 3. The number of nitrogen functional groups attached to an aromatic ring is 1. The predicted molar refractivity (Wildman–Crippen MR) is 62.2 cm³/mol. The van der Waals surface area contributed by atoms with Crippen molar-refractivity contribution in [1.82, 2.24) is 4.90 Å². The van der Waals surface area contributed by atoms with Crippen molar-refractivity contribution in [1.29, 1.82) is 0 Å². The Morgan fingerprint density at radius 3 is 2.88 bits per heavy atom. The molecule has 1 heterocycles. The first kappa shape index (κ1) is 10.5. The topological polar surface area (TPSA) is 66.6 Å². The lowest BCUT2D eigenvalue weighted by atomic mass is 10.1. The van der Waals surface area contributed by atoms with E-state index in [9.17, 15) is 9.90 Å². The number of hydrogen-bond donors (Lipinski definition) is 2. The number of phenols is 1. The molecule has 0 spiro atoms. The van der Waals surface area contributed by atoms with Gasteiger partial charge in [-0.05, 0) is 24.6 Å². The molecule has 0 unspecified atom stereocenters. The fourth-order valence-electron chi connectivity index (χ4n) is 1.73. The van der Waals surface area contributed by atoms with Gasteiger partial charge in [0.25, 0.3) is 5.91 Å². The molecule has 1 aliphatic rings. The van der Waals surface area contributed by atoms with E-state index in [0.29, 0.717) is 24.3 Å². The van der Waals surface area contributed by atoms with Crippen LogP contribution in [-0.4, -0.2) is 29.0 Å². The van der Waals surface area contributed by atoms with Gasteiger partial charge in [-0.15, -0.1) is 0 Å². The summed E-state index contributed by atoms with van der Waals surface area (Å²) in [7, 11) is 0. The lowest BCUT2D eigenvalue weighted by Gasteiger charge is -2.24. The highest BCUT2D eigenvalue weighted by Gasteiger charge is 2.18. The molecule has 1 aromatic carbocycles. The lowest BCUT2D eigenvalue weighted by Crippen LogP contribution is -2.34. The van der Waals surface area contributed by atoms with Crippen molar-refractivity contribution in [3.05, 3.63) is 35.9 Å². The average Bonchev–Trinajstić information content (AvgIpc) is 2.32. The molecule has 0 aromatic heterocycles.